The molecule has 0 radical (unpaired) electrons. The average molecular weight is 338 g/mol. The number of fused-ring (bicyclic) bond motifs is 1. The Morgan fingerprint density at radius 2 is 1.96 bits per heavy atom. The van der Waals surface area contributed by atoms with Gasteiger partial charge in [0.25, 0.3) is 17.4 Å². The van der Waals surface area contributed by atoms with Gasteiger partial charge in [0.15, 0.2) is 5.69 Å². The van der Waals surface area contributed by atoms with Gasteiger partial charge in [0.05, 0.1) is 18.5 Å². The first kappa shape index (κ1) is 18.0. The van der Waals surface area contributed by atoms with Crippen LogP contribution >= 0.6 is 0 Å². The van der Waals surface area contributed by atoms with Gasteiger partial charge >= 0.3 is 0 Å². The van der Waals surface area contributed by atoms with Crippen molar-refractivity contribution in [3.05, 3.63) is 40.3 Å². The molecule has 2 rings (SSSR count). The molecule has 0 aliphatic rings. The summed E-state index contributed by atoms with van der Waals surface area (Å²) in [6.45, 7) is 2.38. The van der Waals surface area contributed by atoms with Crippen LogP contribution in [-0.2, 0) is 6.54 Å². The Morgan fingerprint density at radius 1 is 1.33 bits per heavy atom. The molecular formula is C16H20F2N4O2. The van der Waals surface area contributed by atoms with E-state index in [1.54, 1.807) is 24.3 Å². The summed E-state index contributed by atoms with van der Waals surface area (Å²) in [6.07, 6.45) is 0. The van der Waals surface area contributed by atoms with Crippen molar-refractivity contribution in [2.45, 2.75) is 26.3 Å². The molecule has 0 saturated heterocycles. The van der Waals surface area contributed by atoms with Gasteiger partial charge in [-0.15, -0.1) is 0 Å². The molecule has 8 heteroatoms. The topological polar surface area (TPSA) is 90.0 Å². The molecule has 0 bridgehead atoms. The lowest BCUT2D eigenvalue weighted by Crippen LogP contribution is -2.42. The molecule has 0 spiro atoms. The molecule has 1 aromatic carbocycles. The number of hydrogen-bond donors (Lipinski definition) is 2. The van der Waals surface area contributed by atoms with Crippen LogP contribution in [0.4, 0.5) is 8.78 Å². The van der Waals surface area contributed by atoms with Gasteiger partial charge in [-0.05, 0) is 12.0 Å². The van der Waals surface area contributed by atoms with E-state index in [4.69, 9.17) is 5.73 Å². The van der Waals surface area contributed by atoms with Gasteiger partial charge in [0.2, 0.25) is 0 Å². The van der Waals surface area contributed by atoms with Gasteiger partial charge in [0, 0.05) is 11.9 Å². The van der Waals surface area contributed by atoms with Gasteiger partial charge in [-0.25, -0.2) is 13.5 Å². The van der Waals surface area contributed by atoms with E-state index in [2.05, 4.69) is 10.4 Å². The number of aromatic nitrogens is 2. The smallest absolute Gasteiger partial charge is 0.277 e. The lowest BCUT2D eigenvalue weighted by atomic mass is 10.1. The summed E-state index contributed by atoms with van der Waals surface area (Å²) in [6, 6.07) is 6.48. The Kier molecular flexibility index (Phi) is 5.28. The van der Waals surface area contributed by atoms with Crippen LogP contribution in [0.25, 0.3) is 10.8 Å². The van der Waals surface area contributed by atoms with Crippen LogP contribution in [0, 0.1) is 5.92 Å². The maximum absolute atomic E-state index is 13.2. The number of hydrogen-bond acceptors (Lipinski definition) is 4. The molecule has 0 atom stereocenters. The predicted molar refractivity (Wildman–Crippen MR) is 87.2 cm³/mol. The molecule has 0 aliphatic carbocycles. The van der Waals surface area contributed by atoms with E-state index in [0.717, 1.165) is 0 Å². The maximum Gasteiger partial charge on any atom is 0.277 e. The number of rotatable bonds is 6. The highest BCUT2D eigenvalue weighted by Gasteiger charge is 2.28. The third-order valence-corrected chi connectivity index (χ3v) is 3.43. The van der Waals surface area contributed by atoms with Gasteiger partial charge in [0.1, 0.15) is 0 Å². The van der Waals surface area contributed by atoms with Crippen molar-refractivity contribution in [2.24, 2.45) is 11.7 Å². The van der Waals surface area contributed by atoms with E-state index in [-0.39, 0.29) is 17.2 Å². The van der Waals surface area contributed by atoms with E-state index in [1.165, 1.54) is 4.68 Å². The molecule has 0 unspecified atom stereocenters. The van der Waals surface area contributed by atoms with Gasteiger partial charge < -0.3 is 11.1 Å². The molecule has 1 amide bonds. The monoisotopic (exact) mass is 338 g/mol. The van der Waals surface area contributed by atoms with Crippen LogP contribution in [0.15, 0.2) is 29.1 Å². The molecule has 1 aromatic heterocycles. The molecule has 0 saturated carbocycles. The molecule has 6 nitrogen and oxygen atoms in total. The molecular weight excluding hydrogens is 318 g/mol. The fourth-order valence-electron chi connectivity index (χ4n) is 2.24. The van der Waals surface area contributed by atoms with Gasteiger partial charge in [-0.3, -0.25) is 9.59 Å². The quantitative estimate of drug-likeness (QED) is 0.832. The SMILES string of the molecule is CC(C)Cn1nc(C(=O)NCC(F)(F)CN)c2ccccc2c1=O. The zero-order valence-corrected chi connectivity index (χ0v) is 13.6. The normalized spacial score (nSPS) is 11.9. The van der Waals surface area contributed by atoms with E-state index in [9.17, 15) is 18.4 Å². The molecule has 0 aliphatic heterocycles. The summed E-state index contributed by atoms with van der Waals surface area (Å²) >= 11 is 0. The first-order valence-electron chi connectivity index (χ1n) is 7.61. The van der Waals surface area contributed by atoms with Crippen LogP contribution < -0.4 is 16.6 Å². The van der Waals surface area contributed by atoms with Crippen molar-refractivity contribution in [2.75, 3.05) is 13.1 Å². The fraction of sp³-hybridized carbons (Fsp3) is 0.438. The standard InChI is InChI=1S/C16H20F2N4O2/c1-10(2)7-22-15(24)12-6-4-3-5-11(12)13(21-22)14(23)20-9-16(17,18)8-19/h3-6,10H,7-9,19H2,1-2H3,(H,20,23). The second-order valence-corrected chi connectivity index (χ2v) is 6.02. The molecule has 0 fully saturated rings. The van der Waals surface area contributed by atoms with E-state index in [1.807, 2.05) is 13.8 Å². The number of halogens is 2. The lowest BCUT2D eigenvalue weighted by Gasteiger charge is -2.16. The van der Waals surface area contributed by atoms with E-state index in [0.29, 0.717) is 17.3 Å². The van der Waals surface area contributed by atoms with Crippen LogP contribution in [0.1, 0.15) is 24.3 Å². The highest BCUT2D eigenvalue weighted by Crippen LogP contribution is 2.15. The van der Waals surface area contributed by atoms with Crippen molar-refractivity contribution < 1.29 is 13.6 Å². The van der Waals surface area contributed by atoms with Crippen molar-refractivity contribution in [1.29, 1.82) is 0 Å². The number of benzene rings is 1. The number of amides is 1. The van der Waals surface area contributed by atoms with Crippen LogP contribution in [0.3, 0.4) is 0 Å². The minimum atomic E-state index is -3.20. The Balaban J connectivity index is 2.46. The minimum absolute atomic E-state index is 0.0568. The molecule has 1 heterocycles. The van der Waals surface area contributed by atoms with E-state index >= 15 is 0 Å². The first-order chi connectivity index (χ1) is 11.2. The zero-order valence-electron chi connectivity index (χ0n) is 13.6. The number of alkyl halides is 2. The average Bonchev–Trinajstić information content (AvgIpc) is 2.55. The second-order valence-electron chi connectivity index (χ2n) is 6.02. The predicted octanol–water partition coefficient (Wildman–Crippen LogP) is 1.38. The number of carbonyl (C=O) groups excluding carboxylic acids is 1. The number of nitrogens with two attached hydrogens (primary N) is 1. The van der Waals surface area contributed by atoms with Crippen LogP contribution in [0.2, 0.25) is 0 Å². The fourth-order valence-corrected chi connectivity index (χ4v) is 2.24. The Morgan fingerprint density at radius 3 is 2.54 bits per heavy atom. The molecule has 2 aromatic rings. The summed E-state index contributed by atoms with van der Waals surface area (Å²) in [5.41, 5.74) is 4.58. The van der Waals surface area contributed by atoms with Crippen molar-refractivity contribution in [3.8, 4) is 0 Å². The molecule has 24 heavy (non-hydrogen) atoms. The summed E-state index contributed by atoms with van der Waals surface area (Å²) in [4.78, 5) is 24.7. The Labute approximate surface area is 137 Å². The lowest BCUT2D eigenvalue weighted by molar-refractivity contribution is 0.0118. The van der Waals surface area contributed by atoms with Crippen LogP contribution in [-0.4, -0.2) is 34.7 Å². The minimum Gasteiger partial charge on any atom is -0.345 e. The van der Waals surface area contributed by atoms with Crippen molar-refractivity contribution in [1.82, 2.24) is 15.1 Å². The summed E-state index contributed by atoms with van der Waals surface area (Å²) < 4.78 is 27.7. The Hall–Kier alpha value is -2.35. The van der Waals surface area contributed by atoms with Gasteiger partial charge in [-0.1, -0.05) is 32.0 Å². The first-order valence-corrected chi connectivity index (χ1v) is 7.61. The highest BCUT2D eigenvalue weighted by molar-refractivity contribution is 6.04. The number of nitrogens with zero attached hydrogens (tertiary/aromatic N) is 2. The van der Waals surface area contributed by atoms with Gasteiger partial charge in [-0.2, -0.15) is 5.10 Å². The largest absolute Gasteiger partial charge is 0.345 e. The zero-order chi connectivity index (χ0) is 17.9. The second kappa shape index (κ2) is 7.04. The van der Waals surface area contributed by atoms with Crippen molar-refractivity contribution in [3.63, 3.8) is 0 Å². The third-order valence-electron chi connectivity index (χ3n) is 3.43. The number of nitrogens with one attached hydrogen (secondary N) is 1. The maximum atomic E-state index is 13.2. The highest BCUT2D eigenvalue weighted by atomic mass is 19.3. The summed E-state index contributed by atoms with van der Waals surface area (Å²) in [5.74, 6) is -3.83. The van der Waals surface area contributed by atoms with E-state index < -0.39 is 24.9 Å². The van der Waals surface area contributed by atoms with Crippen molar-refractivity contribution >= 4 is 16.7 Å². The number of carbonyl (C=O) groups is 1. The Bertz CT molecular complexity index is 802. The summed E-state index contributed by atoms with van der Waals surface area (Å²) in [7, 11) is 0. The third kappa shape index (κ3) is 3.94. The molecule has 130 valence electrons. The van der Waals surface area contributed by atoms with Crippen LogP contribution in [0.5, 0.6) is 0 Å². The molecule has 3 N–H and O–H groups in total. The summed E-state index contributed by atoms with van der Waals surface area (Å²) in [5, 5.41) is 6.87.